The van der Waals surface area contributed by atoms with Crippen LogP contribution in [-0.2, 0) is 6.54 Å². The Kier molecular flexibility index (Phi) is 3.93. The maximum Gasteiger partial charge on any atom is 0.358 e. The lowest BCUT2D eigenvalue weighted by Gasteiger charge is -2.02. The smallest absolute Gasteiger partial charge is 0.358 e. The molecule has 0 radical (unpaired) electrons. The van der Waals surface area contributed by atoms with Crippen LogP contribution < -0.4 is 0 Å². The quantitative estimate of drug-likeness (QED) is 0.838. The van der Waals surface area contributed by atoms with Crippen LogP contribution in [0, 0.1) is 5.82 Å². The van der Waals surface area contributed by atoms with Crippen molar-refractivity contribution < 1.29 is 14.3 Å². The maximum atomic E-state index is 13.3. The van der Waals surface area contributed by atoms with Crippen LogP contribution in [0.4, 0.5) is 4.39 Å². The molecule has 0 fully saturated rings. The van der Waals surface area contributed by atoms with Gasteiger partial charge in [0.2, 0.25) is 0 Å². The zero-order valence-corrected chi connectivity index (χ0v) is 10.1. The predicted octanol–water partition coefficient (Wildman–Crippen LogP) is 1.91. The number of nitrogens with zero attached hydrogens (tertiary/aromatic N) is 3. The fraction of sp³-hybridized carbons (Fsp3) is 0.182. The van der Waals surface area contributed by atoms with Crippen molar-refractivity contribution >= 4 is 17.7 Å². The minimum Gasteiger partial charge on any atom is -0.476 e. The maximum absolute atomic E-state index is 13.3. The van der Waals surface area contributed by atoms with Gasteiger partial charge in [-0.2, -0.15) is 0 Å². The third kappa shape index (κ3) is 3.07. The molecule has 0 bridgehead atoms. The number of thioether (sulfide) groups is 1. The summed E-state index contributed by atoms with van der Waals surface area (Å²) in [5, 5.41) is 15.8. The lowest BCUT2D eigenvalue weighted by molar-refractivity contribution is 0.0690. The molecule has 1 aromatic carbocycles. The molecule has 0 saturated carbocycles. The topological polar surface area (TPSA) is 68.0 Å². The molecule has 94 valence electrons. The number of carbonyl (C=O) groups is 1. The minimum atomic E-state index is -1.11. The van der Waals surface area contributed by atoms with Gasteiger partial charge in [0.05, 0.1) is 12.7 Å². The van der Waals surface area contributed by atoms with Crippen molar-refractivity contribution in [1.29, 1.82) is 0 Å². The van der Waals surface area contributed by atoms with Gasteiger partial charge in [0, 0.05) is 10.6 Å². The molecule has 0 aliphatic carbocycles. The van der Waals surface area contributed by atoms with Gasteiger partial charge >= 0.3 is 5.97 Å². The monoisotopic (exact) mass is 267 g/mol. The molecule has 1 heterocycles. The summed E-state index contributed by atoms with van der Waals surface area (Å²) in [7, 11) is 0. The van der Waals surface area contributed by atoms with Gasteiger partial charge in [-0.15, -0.1) is 16.9 Å². The van der Waals surface area contributed by atoms with Crippen LogP contribution in [0.1, 0.15) is 10.5 Å². The van der Waals surface area contributed by atoms with Crippen LogP contribution in [0.15, 0.2) is 35.4 Å². The van der Waals surface area contributed by atoms with E-state index in [2.05, 4.69) is 10.3 Å². The van der Waals surface area contributed by atoms with E-state index in [-0.39, 0.29) is 11.5 Å². The SMILES string of the molecule is O=C(O)c1cn(CCSc2ccccc2F)nn1. The molecular weight excluding hydrogens is 257 g/mol. The Morgan fingerprint density at radius 2 is 2.22 bits per heavy atom. The molecule has 0 unspecified atom stereocenters. The van der Waals surface area contributed by atoms with Gasteiger partial charge in [0.1, 0.15) is 5.82 Å². The molecule has 1 N–H and O–H groups in total. The lowest BCUT2D eigenvalue weighted by atomic mass is 10.3. The Morgan fingerprint density at radius 3 is 2.89 bits per heavy atom. The molecular formula is C11H10FN3O2S. The fourth-order valence-corrected chi connectivity index (χ4v) is 2.20. The van der Waals surface area contributed by atoms with E-state index in [0.29, 0.717) is 17.2 Å². The highest BCUT2D eigenvalue weighted by atomic mass is 32.2. The van der Waals surface area contributed by atoms with Crippen LogP contribution in [0.5, 0.6) is 0 Å². The number of halogens is 1. The van der Waals surface area contributed by atoms with Gasteiger partial charge in [-0.05, 0) is 12.1 Å². The van der Waals surface area contributed by atoms with Crippen LogP contribution >= 0.6 is 11.8 Å². The van der Waals surface area contributed by atoms with Crippen molar-refractivity contribution in [3.8, 4) is 0 Å². The van der Waals surface area contributed by atoms with Crippen LogP contribution in [0.2, 0.25) is 0 Å². The van der Waals surface area contributed by atoms with Crippen LogP contribution in [0.25, 0.3) is 0 Å². The Morgan fingerprint density at radius 1 is 1.44 bits per heavy atom. The summed E-state index contributed by atoms with van der Waals surface area (Å²) in [5.74, 6) is -0.779. The van der Waals surface area contributed by atoms with E-state index in [4.69, 9.17) is 5.11 Å². The van der Waals surface area contributed by atoms with E-state index in [9.17, 15) is 9.18 Å². The van der Waals surface area contributed by atoms with Gasteiger partial charge in [-0.25, -0.2) is 9.18 Å². The van der Waals surface area contributed by atoms with Crippen molar-refractivity contribution in [2.75, 3.05) is 5.75 Å². The van der Waals surface area contributed by atoms with Gasteiger partial charge in [0.15, 0.2) is 5.69 Å². The number of benzene rings is 1. The van der Waals surface area contributed by atoms with Crippen LogP contribution in [-0.4, -0.2) is 31.8 Å². The molecule has 2 rings (SSSR count). The predicted molar refractivity (Wildman–Crippen MR) is 64.1 cm³/mol. The summed E-state index contributed by atoms with van der Waals surface area (Å²) in [6.07, 6.45) is 1.35. The normalized spacial score (nSPS) is 10.5. The van der Waals surface area contributed by atoms with Crippen molar-refractivity contribution in [1.82, 2.24) is 15.0 Å². The van der Waals surface area contributed by atoms with Crippen molar-refractivity contribution in [2.45, 2.75) is 11.4 Å². The highest BCUT2D eigenvalue weighted by molar-refractivity contribution is 7.99. The third-order valence-electron chi connectivity index (χ3n) is 2.17. The number of carboxylic acid groups (broad SMARTS) is 1. The largest absolute Gasteiger partial charge is 0.476 e. The molecule has 2 aromatic rings. The first-order chi connectivity index (χ1) is 8.66. The van der Waals surface area contributed by atoms with Crippen molar-refractivity contribution in [2.24, 2.45) is 0 Å². The third-order valence-corrected chi connectivity index (χ3v) is 3.20. The first kappa shape index (κ1) is 12.6. The average Bonchev–Trinajstić information content (AvgIpc) is 2.80. The number of aromatic nitrogens is 3. The van der Waals surface area contributed by atoms with E-state index in [1.165, 1.54) is 28.7 Å². The summed E-state index contributed by atoms with van der Waals surface area (Å²) in [6.45, 7) is 0.472. The van der Waals surface area contributed by atoms with E-state index >= 15 is 0 Å². The number of rotatable bonds is 5. The summed E-state index contributed by atoms with van der Waals surface area (Å²) in [5.41, 5.74) is -0.0918. The molecule has 0 spiro atoms. The second-order valence-electron chi connectivity index (χ2n) is 3.45. The van der Waals surface area contributed by atoms with Crippen molar-refractivity contribution in [3.05, 3.63) is 42.0 Å². The summed E-state index contributed by atoms with van der Waals surface area (Å²) >= 11 is 1.35. The molecule has 0 aliphatic rings. The highest BCUT2D eigenvalue weighted by Crippen LogP contribution is 2.21. The molecule has 0 amide bonds. The molecule has 18 heavy (non-hydrogen) atoms. The van der Waals surface area contributed by atoms with Crippen molar-refractivity contribution in [3.63, 3.8) is 0 Å². The molecule has 0 atom stereocenters. The standard InChI is InChI=1S/C11H10FN3O2S/c12-8-3-1-2-4-10(8)18-6-5-15-7-9(11(16)17)13-14-15/h1-4,7H,5-6H2,(H,16,17). The van der Waals surface area contributed by atoms with E-state index in [1.54, 1.807) is 18.2 Å². The summed E-state index contributed by atoms with van der Waals surface area (Å²) < 4.78 is 14.7. The zero-order chi connectivity index (χ0) is 13.0. The Labute approximate surface area is 107 Å². The first-order valence-electron chi connectivity index (χ1n) is 5.17. The minimum absolute atomic E-state index is 0.0918. The van der Waals surface area contributed by atoms with Gasteiger partial charge < -0.3 is 5.11 Å². The van der Waals surface area contributed by atoms with E-state index in [0.717, 1.165) is 0 Å². The Balaban J connectivity index is 1.88. The molecule has 0 aliphatic heterocycles. The summed E-state index contributed by atoms with van der Waals surface area (Å²) in [6, 6.07) is 6.50. The fourth-order valence-electron chi connectivity index (χ4n) is 1.32. The second-order valence-corrected chi connectivity index (χ2v) is 4.59. The van der Waals surface area contributed by atoms with E-state index in [1.807, 2.05) is 0 Å². The lowest BCUT2D eigenvalue weighted by Crippen LogP contribution is -2.01. The van der Waals surface area contributed by atoms with E-state index < -0.39 is 5.97 Å². The highest BCUT2D eigenvalue weighted by Gasteiger charge is 2.08. The number of hydrogen-bond donors (Lipinski definition) is 1. The number of aryl methyl sites for hydroxylation is 1. The summed E-state index contributed by atoms with van der Waals surface area (Å²) in [4.78, 5) is 11.1. The molecule has 5 nitrogen and oxygen atoms in total. The van der Waals surface area contributed by atoms with Gasteiger partial charge in [0.25, 0.3) is 0 Å². The van der Waals surface area contributed by atoms with Gasteiger partial charge in [-0.1, -0.05) is 17.3 Å². The number of carboxylic acids is 1. The number of hydrogen-bond acceptors (Lipinski definition) is 4. The second kappa shape index (κ2) is 5.63. The zero-order valence-electron chi connectivity index (χ0n) is 9.28. The van der Waals surface area contributed by atoms with Gasteiger partial charge in [-0.3, -0.25) is 4.68 Å². The Hall–Kier alpha value is -1.89. The molecule has 0 saturated heterocycles. The average molecular weight is 267 g/mol. The molecule has 7 heteroatoms. The first-order valence-corrected chi connectivity index (χ1v) is 6.16. The number of aromatic carboxylic acids is 1. The Bertz CT molecular complexity index is 559. The van der Waals surface area contributed by atoms with Crippen LogP contribution in [0.3, 0.4) is 0 Å². The molecule has 1 aromatic heterocycles.